The molecule has 0 amide bonds. The van der Waals surface area contributed by atoms with E-state index in [0.29, 0.717) is 12.1 Å². The van der Waals surface area contributed by atoms with Crippen molar-refractivity contribution in [1.82, 2.24) is 9.78 Å². The second-order valence-corrected chi connectivity index (χ2v) is 5.06. The van der Waals surface area contributed by atoms with Gasteiger partial charge in [0.2, 0.25) is 0 Å². The first-order valence-corrected chi connectivity index (χ1v) is 7.15. The number of nitrogens with zero attached hydrogens (tertiary/aromatic N) is 2. The van der Waals surface area contributed by atoms with Crippen LogP contribution in [0.4, 0.5) is 0 Å². The lowest BCUT2D eigenvalue weighted by molar-refractivity contribution is 0.0695. The molecule has 1 heterocycles. The number of aromatic nitrogens is 2. The van der Waals surface area contributed by atoms with Crippen LogP contribution < -0.4 is 0 Å². The van der Waals surface area contributed by atoms with Crippen molar-refractivity contribution < 1.29 is 9.90 Å². The number of hydrogen-bond donors (Lipinski definition) is 1. The Balaban J connectivity index is 1.86. The average Bonchev–Trinajstić information content (AvgIpc) is 2.99. The number of aryl methyl sites for hydroxylation is 2. The third-order valence-electron chi connectivity index (χ3n) is 3.54. The molecule has 4 nitrogen and oxygen atoms in total. The number of carbonyl (C=O) groups is 1. The van der Waals surface area contributed by atoms with Gasteiger partial charge < -0.3 is 5.11 Å². The zero-order chi connectivity index (χ0) is 15.4. The van der Waals surface area contributed by atoms with Gasteiger partial charge in [-0.2, -0.15) is 5.10 Å². The highest BCUT2D eigenvalue weighted by atomic mass is 16.4. The molecule has 4 heteroatoms. The molecule has 0 saturated heterocycles. The Labute approximate surface area is 128 Å². The molecule has 0 aliphatic carbocycles. The van der Waals surface area contributed by atoms with Crippen molar-refractivity contribution in [2.24, 2.45) is 0 Å². The molecule has 0 radical (unpaired) electrons. The van der Waals surface area contributed by atoms with Crippen LogP contribution in [0.25, 0.3) is 5.69 Å². The number of carboxylic acids is 1. The summed E-state index contributed by atoms with van der Waals surface area (Å²) >= 11 is 0. The van der Waals surface area contributed by atoms with Gasteiger partial charge in [-0.1, -0.05) is 48.5 Å². The third-order valence-corrected chi connectivity index (χ3v) is 3.54. The second-order valence-electron chi connectivity index (χ2n) is 5.06. The molecule has 1 aromatic heterocycles. The van der Waals surface area contributed by atoms with Gasteiger partial charge in [0, 0.05) is 6.20 Å². The van der Waals surface area contributed by atoms with Gasteiger partial charge in [-0.15, -0.1) is 0 Å². The van der Waals surface area contributed by atoms with Crippen molar-refractivity contribution in [2.75, 3.05) is 0 Å². The molecular weight excluding hydrogens is 276 g/mol. The van der Waals surface area contributed by atoms with Crippen molar-refractivity contribution in [2.45, 2.75) is 12.8 Å². The topological polar surface area (TPSA) is 55.1 Å². The van der Waals surface area contributed by atoms with Gasteiger partial charge in [0.05, 0.1) is 11.4 Å². The lowest BCUT2D eigenvalue weighted by Gasteiger charge is -2.01. The number of rotatable bonds is 5. The summed E-state index contributed by atoms with van der Waals surface area (Å²) in [4.78, 5) is 11.4. The van der Waals surface area contributed by atoms with Crippen LogP contribution in [-0.4, -0.2) is 20.9 Å². The van der Waals surface area contributed by atoms with Crippen LogP contribution in [0.5, 0.6) is 0 Å². The van der Waals surface area contributed by atoms with Crippen LogP contribution in [0.3, 0.4) is 0 Å². The number of aromatic carboxylic acids is 1. The maximum atomic E-state index is 11.4. The molecular formula is C18H16N2O2. The van der Waals surface area contributed by atoms with Gasteiger partial charge in [0.15, 0.2) is 0 Å². The SMILES string of the molecule is O=C(O)c1cn(-c2ccccc2)nc1CCc1ccccc1. The number of benzene rings is 2. The van der Waals surface area contributed by atoms with Crippen LogP contribution in [0.2, 0.25) is 0 Å². The van der Waals surface area contributed by atoms with E-state index in [2.05, 4.69) is 5.10 Å². The summed E-state index contributed by atoms with van der Waals surface area (Å²) in [6, 6.07) is 19.5. The van der Waals surface area contributed by atoms with E-state index in [1.807, 2.05) is 60.7 Å². The summed E-state index contributed by atoms with van der Waals surface area (Å²) in [5, 5.41) is 13.8. The van der Waals surface area contributed by atoms with Gasteiger partial charge in [0.25, 0.3) is 0 Å². The molecule has 0 aliphatic rings. The molecule has 0 aliphatic heterocycles. The van der Waals surface area contributed by atoms with Crippen molar-refractivity contribution >= 4 is 5.97 Å². The minimum absolute atomic E-state index is 0.264. The first-order valence-electron chi connectivity index (χ1n) is 7.15. The molecule has 0 bridgehead atoms. The normalized spacial score (nSPS) is 10.5. The summed E-state index contributed by atoms with van der Waals surface area (Å²) in [7, 11) is 0. The first-order chi connectivity index (χ1) is 10.7. The van der Waals surface area contributed by atoms with Gasteiger partial charge in [-0.05, 0) is 30.5 Å². The fourth-order valence-corrected chi connectivity index (χ4v) is 2.39. The van der Waals surface area contributed by atoms with E-state index in [4.69, 9.17) is 0 Å². The number of para-hydroxylation sites is 1. The quantitative estimate of drug-likeness (QED) is 0.784. The van der Waals surface area contributed by atoms with Gasteiger partial charge in [0.1, 0.15) is 5.56 Å². The van der Waals surface area contributed by atoms with Crippen LogP contribution in [-0.2, 0) is 12.8 Å². The Morgan fingerprint density at radius 3 is 2.23 bits per heavy atom. The summed E-state index contributed by atoms with van der Waals surface area (Å²) in [6.07, 6.45) is 2.95. The molecule has 0 fully saturated rings. The Bertz CT molecular complexity index is 764. The highest BCUT2D eigenvalue weighted by Gasteiger charge is 2.16. The molecule has 0 saturated carbocycles. The molecule has 1 N–H and O–H groups in total. The second kappa shape index (κ2) is 6.26. The van der Waals surface area contributed by atoms with Gasteiger partial charge in [-0.25, -0.2) is 9.48 Å². The summed E-state index contributed by atoms with van der Waals surface area (Å²) in [5.74, 6) is -0.940. The van der Waals surface area contributed by atoms with E-state index < -0.39 is 5.97 Å². The summed E-state index contributed by atoms with van der Waals surface area (Å²) in [5.41, 5.74) is 2.91. The van der Waals surface area contributed by atoms with Crippen molar-refractivity contribution in [3.05, 3.63) is 83.7 Å². The van der Waals surface area contributed by atoms with Crippen LogP contribution in [0.15, 0.2) is 66.9 Å². The Hall–Kier alpha value is -2.88. The minimum atomic E-state index is -0.940. The standard InChI is InChI=1S/C18H16N2O2/c21-18(22)16-13-20(15-9-5-2-6-10-15)19-17(16)12-11-14-7-3-1-4-8-14/h1-10,13H,11-12H2,(H,21,22). The lowest BCUT2D eigenvalue weighted by atomic mass is 10.1. The number of carboxylic acid groups (broad SMARTS) is 1. The maximum Gasteiger partial charge on any atom is 0.339 e. The zero-order valence-corrected chi connectivity index (χ0v) is 12.0. The van der Waals surface area contributed by atoms with Crippen molar-refractivity contribution in [3.8, 4) is 5.69 Å². The molecule has 110 valence electrons. The average molecular weight is 292 g/mol. The first kappa shape index (κ1) is 14.1. The minimum Gasteiger partial charge on any atom is -0.478 e. The Kier molecular flexibility index (Phi) is 4.01. The summed E-state index contributed by atoms with van der Waals surface area (Å²) in [6.45, 7) is 0. The third kappa shape index (κ3) is 3.06. The van der Waals surface area contributed by atoms with Crippen molar-refractivity contribution in [3.63, 3.8) is 0 Å². The van der Waals surface area contributed by atoms with E-state index in [1.54, 1.807) is 10.9 Å². The molecule has 0 spiro atoms. The zero-order valence-electron chi connectivity index (χ0n) is 12.0. The van der Waals surface area contributed by atoms with Crippen LogP contribution in [0, 0.1) is 0 Å². The predicted octanol–water partition coefficient (Wildman–Crippen LogP) is 3.36. The summed E-state index contributed by atoms with van der Waals surface area (Å²) < 4.78 is 1.63. The largest absolute Gasteiger partial charge is 0.478 e. The Morgan fingerprint density at radius 1 is 0.955 bits per heavy atom. The van der Waals surface area contributed by atoms with E-state index >= 15 is 0 Å². The molecule has 0 unspecified atom stereocenters. The molecule has 2 aromatic carbocycles. The highest BCUT2D eigenvalue weighted by Crippen LogP contribution is 2.15. The van der Waals surface area contributed by atoms with Gasteiger partial charge >= 0.3 is 5.97 Å². The highest BCUT2D eigenvalue weighted by molar-refractivity contribution is 5.88. The predicted molar refractivity (Wildman–Crippen MR) is 84.4 cm³/mol. The molecule has 3 aromatic rings. The smallest absolute Gasteiger partial charge is 0.339 e. The van der Waals surface area contributed by atoms with E-state index in [-0.39, 0.29) is 5.56 Å². The van der Waals surface area contributed by atoms with E-state index in [9.17, 15) is 9.90 Å². The molecule has 22 heavy (non-hydrogen) atoms. The number of hydrogen-bond acceptors (Lipinski definition) is 2. The van der Waals surface area contributed by atoms with Gasteiger partial charge in [-0.3, -0.25) is 0 Å². The fourth-order valence-electron chi connectivity index (χ4n) is 2.39. The molecule has 0 atom stereocenters. The van der Waals surface area contributed by atoms with Crippen LogP contribution >= 0.6 is 0 Å². The van der Waals surface area contributed by atoms with E-state index in [0.717, 1.165) is 12.1 Å². The fraction of sp³-hybridized carbons (Fsp3) is 0.111. The van der Waals surface area contributed by atoms with E-state index in [1.165, 1.54) is 5.56 Å². The maximum absolute atomic E-state index is 11.4. The van der Waals surface area contributed by atoms with Crippen molar-refractivity contribution in [1.29, 1.82) is 0 Å². The Morgan fingerprint density at radius 2 is 1.59 bits per heavy atom. The molecule has 3 rings (SSSR count). The van der Waals surface area contributed by atoms with Crippen LogP contribution in [0.1, 0.15) is 21.6 Å². The monoisotopic (exact) mass is 292 g/mol. The lowest BCUT2D eigenvalue weighted by Crippen LogP contribution is -2.01.